The topological polar surface area (TPSA) is 56.5 Å². The van der Waals surface area contributed by atoms with Gasteiger partial charge < -0.3 is 0 Å². The highest BCUT2D eigenvalue weighted by atomic mass is 79.9. The predicted octanol–water partition coefficient (Wildman–Crippen LogP) is 3.62. The first-order chi connectivity index (χ1) is 9.70. The lowest BCUT2D eigenvalue weighted by Crippen LogP contribution is -2.02. The van der Waals surface area contributed by atoms with Gasteiger partial charge in [-0.05, 0) is 41.6 Å². The summed E-state index contributed by atoms with van der Waals surface area (Å²) >= 11 is 10.8. The number of halogens is 2. The molecule has 0 aliphatic carbocycles. The zero-order valence-corrected chi connectivity index (χ0v) is 13.1. The van der Waals surface area contributed by atoms with Crippen LogP contribution in [-0.2, 0) is 0 Å². The number of aromatic nitrogens is 5. The fourth-order valence-electron chi connectivity index (χ4n) is 1.50. The average Bonchev–Trinajstić information content (AvgIpc) is 2.91. The van der Waals surface area contributed by atoms with Gasteiger partial charge in [0.15, 0.2) is 5.16 Å². The van der Waals surface area contributed by atoms with Gasteiger partial charge in [0.05, 0.1) is 0 Å². The average molecular weight is 369 g/mol. The highest BCUT2D eigenvalue weighted by Gasteiger charge is 2.08. The predicted molar refractivity (Wildman–Crippen MR) is 80.2 cm³/mol. The maximum Gasteiger partial charge on any atom is 0.240 e. The van der Waals surface area contributed by atoms with Crippen molar-refractivity contribution in [1.29, 1.82) is 0 Å². The molecule has 0 fully saturated rings. The first kappa shape index (κ1) is 13.5. The van der Waals surface area contributed by atoms with Crippen molar-refractivity contribution in [3.8, 4) is 5.95 Å². The van der Waals surface area contributed by atoms with E-state index in [0.29, 0.717) is 11.1 Å². The Morgan fingerprint density at radius 3 is 2.85 bits per heavy atom. The molecule has 0 unspecified atom stereocenters. The molecule has 0 saturated carbocycles. The Morgan fingerprint density at radius 2 is 2.10 bits per heavy atom. The summed E-state index contributed by atoms with van der Waals surface area (Å²) in [6.45, 7) is 0. The summed E-state index contributed by atoms with van der Waals surface area (Å²) in [5.74, 6) is 0.444. The minimum atomic E-state index is 0.154. The van der Waals surface area contributed by atoms with Crippen molar-refractivity contribution in [2.75, 3.05) is 0 Å². The summed E-state index contributed by atoms with van der Waals surface area (Å²) < 4.78 is 2.68. The van der Waals surface area contributed by atoms with Crippen LogP contribution in [0.3, 0.4) is 0 Å². The van der Waals surface area contributed by atoms with Crippen LogP contribution in [0.2, 0.25) is 5.28 Å². The Morgan fingerprint density at radius 1 is 1.20 bits per heavy atom. The van der Waals surface area contributed by atoms with Crippen molar-refractivity contribution in [1.82, 2.24) is 24.5 Å². The van der Waals surface area contributed by atoms with E-state index in [-0.39, 0.29) is 5.28 Å². The highest BCUT2D eigenvalue weighted by Crippen LogP contribution is 2.27. The SMILES string of the molecule is Clc1nc(Sc2cccc(Br)c2)nc(-n2ccnc2)n1. The van der Waals surface area contributed by atoms with Gasteiger partial charge in [0.1, 0.15) is 6.33 Å². The van der Waals surface area contributed by atoms with Crippen LogP contribution >= 0.6 is 39.3 Å². The van der Waals surface area contributed by atoms with Crippen molar-refractivity contribution >= 4 is 39.3 Å². The van der Waals surface area contributed by atoms with E-state index < -0.39 is 0 Å². The van der Waals surface area contributed by atoms with Crippen molar-refractivity contribution in [3.63, 3.8) is 0 Å². The molecule has 0 N–H and O–H groups in total. The van der Waals surface area contributed by atoms with Crippen LogP contribution < -0.4 is 0 Å². The van der Waals surface area contributed by atoms with E-state index in [4.69, 9.17) is 11.6 Å². The minimum Gasteiger partial charge on any atom is -0.274 e. The van der Waals surface area contributed by atoms with Gasteiger partial charge in [-0.15, -0.1) is 0 Å². The van der Waals surface area contributed by atoms with E-state index >= 15 is 0 Å². The zero-order valence-electron chi connectivity index (χ0n) is 9.94. The van der Waals surface area contributed by atoms with Crippen LogP contribution in [0.5, 0.6) is 0 Å². The number of rotatable bonds is 3. The van der Waals surface area contributed by atoms with Gasteiger partial charge in [-0.25, -0.2) is 4.98 Å². The second-order valence-electron chi connectivity index (χ2n) is 3.72. The van der Waals surface area contributed by atoms with Gasteiger partial charge in [-0.1, -0.05) is 22.0 Å². The summed E-state index contributed by atoms with van der Waals surface area (Å²) in [4.78, 5) is 17.5. The molecule has 0 amide bonds. The molecule has 3 rings (SSSR count). The van der Waals surface area contributed by atoms with Crippen molar-refractivity contribution in [3.05, 3.63) is 52.7 Å². The molecule has 5 nitrogen and oxygen atoms in total. The number of imidazole rings is 1. The molecule has 100 valence electrons. The Kier molecular flexibility index (Phi) is 4.00. The first-order valence-electron chi connectivity index (χ1n) is 5.54. The van der Waals surface area contributed by atoms with Gasteiger partial charge in [0.2, 0.25) is 11.2 Å². The van der Waals surface area contributed by atoms with Gasteiger partial charge in [-0.3, -0.25) is 4.57 Å². The smallest absolute Gasteiger partial charge is 0.240 e. The second kappa shape index (κ2) is 5.90. The van der Waals surface area contributed by atoms with Crippen LogP contribution in [0.25, 0.3) is 5.95 Å². The number of hydrogen-bond donors (Lipinski definition) is 0. The Hall–Kier alpha value is -1.44. The Bertz CT molecular complexity index is 734. The summed E-state index contributed by atoms with van der Waals surface area (Å²) in [5.41, 5.74) is 0. The fraction of sp³-hybridized carbons (Fsp3) is 0. The molecule has 1 aromatic carbocycles. The molecule has 0 aliphatic heterocycles. The number of benzene rings is 1. The third-order valence-corrected chi connectivity index (χ3v) is 3.83. The molecule has 0 atom stereocenters. The van der Waals surface area contributed by atoms with Crippen molar-refractivity contribution in [2.45, 2.75) is 10.1 Å². The molecule has 20 heavy (non-hydrogen) atoms. The van der Waals surface area contributed by atoms with Crippen LogP contribution in [0.1, 0.15) is 0 Å². The Labute approximate surface area is 132 Å². The van der Waals surface area contributed by atoms with E-state index in [0.717, 1.165) is 9.37 Å². The number of hydrogen-bond acceptors (Lipinski definition) is 5. The highest BCUT2D eigenvalue weighted by molar-refractivity contribution is 9.10. The van der Waals surface area contributed by atoms with Gasteiger partial charge >= 0.3 is 0 Å². The molecule has 0 saturated heterocycles. The van der Waals surface area contributed by atoms with E-state index in [9.17, 15) is 0 Å². The van der Waals surface area contributed by atoms with Gasteiger partial charge in [-0.2, -0.15) is 15.0 Å². The van der Waals surface area contributed by atoms with Gasteiger partial charge in [0, 0.05) is 21.8 Å². The normalized spacial score (nSPS) is 10.7. The lowest BCUT2D eigenvalue weighted by atomic mass is 10.4. The molecular weight excluding hydrogens is 362 g/mol. The molecule has 8 heteroatoms. The Balaban J connectivity index is 1.94. The molecule has 3 aromatic rings. The van der Waals surface area contributed by atoms with Crippen LogP contribution in [0.15, 0.2) is 57.5 Å². The molecular formula is C12H7BrClN5S. The lowest BCUT2D eigenvalue weighted by molar-refractivity contribution is 0.823. The maximum atomic E-state index is 5.95. The second-order valence-corrected chi connectivity index (χ2v) is 6.01. The van der Waals surface area contributed by atoms with Gasteiger partial charge in [0.25, 0.3) is 0 Å². The summed E-state index contributed by atoms with van der Waals surface area (Å²) in [6.07, 6.45) is 5.01. The molecule has 2 heterocycles. The van der Waals surface area contributed by atoms with Crippen LogP contribution in [0.4, 0.5) is 0 Å². The minimum absolute atomic E-state index is 0.154. The molecule has 0 spiro atoms. The molecule has 0 radical (unpaired) electrons. The summed E-state index contributed by atoms with van der Waals surface area (Å²) in [6, 6.07) is 7.87. The van der Waals surface area contributed by atoms with E-state index in [1.165, 1.54) is 11.8 Å². The van der Waals surface area contributed by atoms with Crippen LogP contribution in [-0.4, -0.2) is 24.5 Å². The largest absolute Gasteiger partial charge is 0.274 e. The van der Waals surface area contributed by atoms with Crippen molar-refractivity contribution in [2.24, 2.45) is 0 Å². The maximum absolute atomic E-state index is 5.95. The molecule has 0 aliphatic rings. The quantitative estimate of drug-likeness (QED) is 0.706. The summed E-state index contributed by atoms with van der Waals surface area (Å²) in [7, 11) is 0. The third-order valence-electron chi connectivity index (χ3n) is 2.32. The molecule has 2 aromatic heterocycles. The summed E-state index contributed by atoms with van der Waals surface area (Å²) in [5, 5.41) is 0.688. The fourth-order valence-corrected chi connectivity index (χ4v) is 3.06. The van der Waals surface area contributed by atoms with E-state index in [2.05, 4.69) is 35.9 Å². The van der Waals surface area contributed by atoms with Crippen LogP contribution in [0, 0.1) is 0 Å². The first-order valence-corrected chi connectivity index (χ1v) is 7.53. The monoisotopic (exact) mass is 367 g/mol. The third kappa shape index (κ3) is 3.17. The standard InChI is InChI=1S/C12H7BrClN5S/c13-8-2-1-3-9(6-8)20-12-17-10(14)16-11(18-12)19-5-4-15-7-19/h1-7H. The van der Waals surface area contributed by atoms with E-state index in [1.54, 1.807) is 23.3 Å². The van der Waals surface area contributed by atoms with Crippen molar-refractivity contribution < 1.29 is 0 Å². The lowest BCUT2D eigenvalue weighted by Gasteiger charge is -2.04. The molecule has 0 bridgehead atoms. The number of nitrogens with zero attached hydrogens (tertiary/aromatic N) is 5. The van der Waals surface area contributed by atoms with E-state index in [1.807, 2.05) is 24.3 Å². The zero-order chi connectivity index (χ0) is 13.9.